The molecule has 0 spiro atoms. The summed E-state index contributed by atoms with van der Waals surface area (Å²) in [6.45, 7) is 0.943. The van der Waals surface area contributed by atoms with E-state index in [1.54, 1.807) is 6.92 Å². The van der Waals surface area contributed by atoms with E-state index in [0.717, 1.165) is 19.3 Å². The van der Waals surface area contributed by atoms with E-state index in [9.17, 15) is 19.1 Å². The molecule has 4 rings (SSSR count). The highest BCUT2D eigenvalue weighted by atomic mass is 19.1. The Morgan fingerprint density at radius 3 is 2.91 bits per heavy atom. The van der Waals surface area contributed by atoms with Gasteiger partial charge in [-0.05, 0) is 26.2 Å². The Balaban J connectivity index is 1.66. The van der Waals surface area contributed by atoms with Crippen molar-refractivity contribution < 1.29 is 28.6 Å². The molecule has 4 fully saturated rings. The number of epoxide rings is 1. The van der Waals surface area contributed by atoms with Gasteiger partial charge in [0.2, 0.25) is 11.4 Å². The van der Waals surface area contributed by atoms with Gasteiger partial charge in [0.05, 0.1) is 30.9 Å². The van der Waals surface area contributed by atoms with E-state index in [1.165, 1.54) is 0 Å². The van der Waals surface area contributed by atoms with Gasteiger partial charge in [0.25, 0.3) is 0 Å². The SMILES string of the molecule is C[C@@]12OC(=O)[C@]1(C(O)C1CCCC3OC31)NC(=O)[C@@H]2CCF. The first-order valence-corrected chi connectivity index (χ1v) is 7.90. The van der Waals surface area contributed by atoms with Crippen molar-refractivity contribution in [3.8, 4) is 0 Å². The van der Waals surface area contributed by atoms with Crippen LogP contribution in [0.4, 0.5) is 4.39 Å². The number of amides is 1. The van der Waals surface area contributed by atoms with Crippen LogP contribution < -0.4 is 5.32 Å². The monoisotopic (exact) mass is 313 g/mol. The summed E-state index contributed by atoms with van der Waals surface area (Å²) < 4.78 is 23.6. The Labute approximate surface area is 127 Å². The standard InChI is InChI=1S/C15H20FNO5/c1-14-8(5-6-16)12(19)17-15(14,13(20)22-14)11(18)7-3-2-4-9-10(7)21-9/h7-11,18H,2-6H2,1H3,(H,17,19)/t7?,8-,9?,10?,11?,14-,15-/m0/s1. The first-order valence-electron chi connectivity index (χ1n) is 7.90. The van der Waals surface area contributed by atoms with E-state index in [4.69, 9.17) is 9.47 Å². The van der Waals surface area contributed by atoms with Crippen LogP contribution in [-0.2, 0) is 19.1 Å². The van der Waals surface area contributed by atoms with Gasteiger partial charge < -0.3 is 19.9 Å². The molecule has 4 aliphatic rings. The Bertz CT molecular complexity index is 542. The molecule has 1 amide bonds. The lowest BCUT2D eigenvalue weighted by Gasteiger charge is -2.54. The average molecular weight is 313 g/mol. The van der Waals surface area contributed by atoms with Crippen LogP contribution in [0.5, 0.6) is 0 Å². The van der Waals surface area contributed by atoms with Gasteiger partial charge in [0, 0.05) is 5.92 Å². The van der Waals surface area contributed by atoms with E-state index < -0.39 is 41.7 Å². The van der Waals surface area contributed by atoms with Crippen molar-refractivity contribution in [1.82, 2.24) is 5.32 Å². The van der Waals surface area contributed by atoms with Crippen LogP contribution in [0.15, 0.2) is 0 Å². The number of ether oxygens (including phenoxy) is 2. The largest absolute Gasteiger partial charge is 0.453 e. The number of rotatable bonds is 4. The third-order valence-electron chi connectivity index (χ3n) is 6.03. The van der Waals surface area contributed by atoms with Crippen molar-refractivity contribution in [1.29, 1.82) is 0 Å². The highest BCUT2D eigenvalue weighted by Crippen LogP contribution is 2.55. The number of hydrogen-bond acceptors (Lipinski definition) is 5. The molecule has 4 unspecified atom stereocenters. The Morgan fingerprint density at radius 1 is 1.45 bits per heavy atom. The molecule has 1 saturated carbocycles. The number of alkyl halides is 1. The minimum Gasteiger partial charge on any atom is -0.453 e. The zero-order valence-electron chi connectivity index (χ0n) is 12.4. The molecule has 0 aromatic rings. The maximum atomic E-state index is 12.8. The Kier molecular flexibility index (Phi) is 2.89. The average Bonchev–Trinajstić information content (AvgIpc) is 3.25. The molecule has 7 atom stereocenters. The Morgan fingerprint density at radius 2 is 2.23 bits per heavy atom. The van der Waals surface area contributed by atoms with Gasteiger partial charge in [-0.25, -0.2) is 4.79 Å². The van der Waals surface area contributed by atoms with Gasteiger partial charge in [-0.1, -0.05) is 6.42 Å². The summed E-state index contributed by atoms with van der Waals surface area (Å²) in [5.74, 6) is -2.01. The fourth-order valence-electron chi connectivity index (χ4n) is 4.71. The first-order chi connectivity index (χ1) is 10.5. The van der Waals surface area contributed by atoms with Crippen LogP contribution >= 0.6 is 0 Å². The predicted molar refractivity (Wildman–Crippen MR) is 71.5 cm³/mol. The minimum absolute atomic E-state index is 0.0166. The van der Waals surface area contributed by atoms with Crippen LogP contribution in [0.1, 0.15) is 32.6 Å². The van der Waals surface area contributed by atoms with Crippen molar-refractivity contribution in [3.05, 3.63) is 0 Å². The number of halogens is 1. The van der Waals surface area contributed by atoms with Gasteiger partial charge in [-0.2, -0.15) is 0 Å². The Hall–Kier alpha value is -1.21. The molecule has 7 heteroatoms. The maximum Gasteiger partial charge on any atom is 0.339 e. The zero-order valence-corrected chi connectivity index (χ0v) is 12.4. The highest BCUT2D eigenvalue weighted by molar-refractivity contribution is 6.01. The summed E-state index contributed by atoms with van der Waals surface area (Å²) in [5, 5.41) is 13.5. The van der Waals surface area contributed by atoms with Crippen molar-refractivity contribution in [2.24, 2.45) is 11.8 Å². The molecule has 6 nitrogen and oxygen atoms in total. The normalized spacial score (nSPS) is 50.3. The number of carbonyl (C=O) groups excluding carboxylic acids is 2. The van der Waals surface area contributed by atoms with E-state index in [2.05, 4.69) is 5.32 Å². The fraction of sp³-hybridized carbons (Fsp3) is 0.867. The number of hydrogen-bond donors (Lipinski definition) is 2. The predicted octanol–water partition coefficient (Wildman–Crippen LogP) is 0.0747. The van der Waals surface area contributed by atoms with Crippen LogP contribution in [-0.4, -0.2) is 53.1 Å². The van der Waals surface area contributed by atoms with Gasteiger partial charge in [0.15, 0.2) is 5.60 Å². The van der Waals surface area contributed by atoms with E-state index in [1.807, 2.05) is 0 Å². The number of fused-ring (bicyclic) bond motifs is 2. The summed E-state index contributed by atoms with van der Waals surface area (Å²) in [4.78, 5) is 24.4. The van der Waals surface area contributed by atoms with Gasteiger partial charge in [0.1, 0.15) is 0 Å². The zero-order chi connectivity index (χ0) is 15.7. The van der Waals surface area contributed by atoms with Gasteiger partial charge in [-0.3, -0.25) is 9.18 Å². The van der Waals surface area contributed by atoms with Crippen molar-refractivity contribution in [2.45, 2.75) is 62.1 Å². The second kappa shape index (κ2) is 4.41. The molecule has 1 aliphatic carbocycles. The molecule has 0 aromatic heterocycles. The minimum atomic E-state index is -1.46. The van der Waals surface area contributed by atoms with Crippen LogP contribution in [0.3, 0.4) is 0 Å². The summed E-state index contributed by atoms with van der Waals surface area (Å²) >= 11 is 0. The number of esters is 1. The lowest BCUT2D eigenvalue weighted by molar-refractivity contribution is -0.240. The molecule has 3 heterocycles. The number of aliphatic hydroxyl groups excluding tert-OH is 1. The fourth-order valence-corrected chi connectivity index (χ4v) is 4.71. The topological polar surface area (TPSA) is 88.2 Å². The van der Waals surface area contributed by atoms with Gasteiger partial charge >= 0.3 is 5.97 Å². The quantitative estimate of drug-likeness (QED) is 0.567. The highest BCUT2D eigenvalue weighted by Gasteiger charge is 2.80. The number of nitrogens with one attached hydrogen (secondary N) is 1. The van der Waals surface area contributed by atoms with Crippen LogP contribution in [0.2, 0.25) is 0 Å². The van der Waals surface area contributed by atoms with E-state index in [-0.39, 0.29) is 24.5 Å². The summed E-state index contributed by atoms with van der Waals surface area (Å²) in [5.41, 5.74) is -2.64. The van der Waals surface area contributed by atoms with Crippen molar-refractivity contribution in [2.75, 3.05) is 6.67 Å². The van der Waals surface area contributed by atoms with Crippen LogP contribution in [0.25, 0.3) is 0 Å². The van der Waals surface area contributed by atoms with Gasteiger partial charge in [-0.15, -0.1) is 0 Å². The maximum absolute atomic E-state index is 12.8. The molecule has 0 radical (unpaired) electrons. The van der Waals surface area contributed by atoms with Crippen molar-refractivity contribution >= 4 is 11.9 Å². The molecule has 3 aliphatic heterocycles. The van der Waals surface area contributed by atoms with E-state index in [0.29, 0.717) is 0 Å². The molecule has 0 aromatic carbocycles. The van der Waals surface area contributed by atoms with Crippen LogP contribution in [0, 0.1) is 11.8 Å². The lowest BCUT2D eigenvalue weighted by atomic mass is 9.64. The number of aliphatic hydroxyl groups is 1. The summed E-state index contributed by atoms with van der Waals surface area (Å²) in [7, 11) is 0. The molecule has 0 bridgehead atoms. The first kappa shape index (κ1) is 14.4. The van der Waals surface area contributed by atoms with E-state index >= 15 is 0 Å². The third-order valence-corrected chi connectivity index (χ3v) is 6.03. The molecular weight excluding hydrogens is 293 g/mol. The summed E-state index contributed by atoms with van der Waals surface area (Å²) in [6.07, 6.45) is 1.67. The second-order valence-corrected chi connectivity index (χ2v) is 7.00. The lowest BCUT2D eigenvalue weighted by Crippen LogP contribution is -2.80. The number of carbonyl (C=O) groups is 2. The molecule has 2 N–H and O–H groups in total. The van der Waals surface area contributed by atoms with Crippen molar-refractivity contribution in [3.63, 3.8) is 0 Å². The molecule has 122 valence electrons. The molecule has 22 heavy (non-hydrogen) atoms. The molecule has 3 saturated heterocycles. The third kappa shape index (κ3) is 1.51. The summed E-state index contributed by atoms with van der Waals surface area (Å²) in [6, 6.07) is 0. The molecular formula is C15H20FNO5. The second-order valence-electron chi connectivity index (χ2n) is 7.00. The smallest absolute Gasteiger partial charge is 0.339 e.